The molecule has 7 atom stereocenters. The lowest BCUT2D eigenvalue weighted by Crippen LogP contribution is -2.48. The second-order valence-electron chi connectivity index (χ2n) is 16.2. The average Bonchev–Trinajstić information content (AvgIpc) is 3.99. The van der Waals surface area contributed by atoms with Crippen LogP contribution in [-0.2, 0) is 14.8 Å². The molecule has 2 aromatic carbocycles. The number of ether oxygens (including phenoxy) is 2. The Hall–Kier alpha value is -4.15. The predicted molar refractivity (Wildman–Crippen MR) is 208 cm³/mol. The number of carbonyl (C=O) groups excluding carboxylic acids is 1. The van der Waals surface area contributed by atoms with Crippen LogP contribution in [0.3, 0.4) is 0 Å². The number of rotatable bonds is 8. The van der Waals surface area contributed by atoms with Gasteiger partial charge in [-0.25, -0.2) is 21.6 Å². The van der Waals surface area contributed by atoms with Crippen molar-refractivity contribution >= 4 is 70.7 Å². The largest absolute Gasteiger partial charge is 0.491 e. The number of nitrogens with zero attached hydrogens (tertiary/aromatic N) is 6. The van der Waals surface area contributed by atoms with E-state index in [-0.39, 0.29) is 96.4 Å². The first-order chi connectivity index (χ1) is 27.3. The number of thiophene rings is 1. The summed E-state index contributed by atoms with van der Waals surface area (Å²) in [5.41, 5.74) is 5.33. The quantitative estimate of drug-likeness (QED) is 0.226. The molecule has 3 unspecified atom stereocenters. The van der Waals surface area contributed by atoms with E-state index in [1.54, 1.807) is 0 Å². The van der Waals surface area contributed by atoms with Crippen LogP contribution >= 0.6 is 22.9 Å². The zero-order valence-electron chi connectivity index (χ0n) is 30.7. The monoisotopic (exact) mass is 842 g/mol. The van der Waals surface area contributed by atoms with Crippen molar-refractivity contribution in [1.29, 1.82) is 5.26 Å². The van der Waals surface area contributed by atoms with Crippen LogP contribution in [0.4, 0.5) is 24.0 Å². The molecule has 1 amide bonds. The smallest absolute Gasteiger partial charge is 0.319 e. The number of fused-ring (bicyclic) bond motifs is 4. The highest BCUT2D eigenvalue weighted by Gasteiger charge is 2.63. The summed E-state index contributed by atoms with van der Waals surface area (Å²) in [5.74, 6) is -1.36. The highest BCUT2D eigenvalue weighted by Crippen LogP contribution is 2.52. The number of anilines is 2. The molecule has 4 saturated heterocycles. The molecular weight excluding hydrogens is 805 g/mol. The number of benzene rings is 2. The Kier molecular flexibility index (Phi) is 8.59. The topological polar surface area (TPSA) is 167 Å². The Balaban J connectivity index is 1.08. The number of nitrogens with two attached hydrogens (primary N) is 1. The van der Waals surface area contributed by atoms with Gasteiger partial charge in [-0.05, 0) is 56.2 Å². The number of carbonyl (C=O) groups is 1. The summed E-state index contributed by atoms with van der Waals surface area (Å²) < 4.78 is 86.5. The maximum Gasteiger partial charge on any atom is 0.319 e. The van der Waals surface area contributed by atoms with Gasteiger partial charge in [0.15, 0.2) is 11.6 Å². The molecular formula is C38H38ClF3N8O5S2. The Morgan fingerprint density at radius 3 is 2.77 bits per heavy atom. The van der Waals surface area contributed by atoms with E-state index >= 15 is 8.78 Å². The summed E-state index contributed by atoms with van der Waals surface area (Å²) in [5, 5.41) is 13.4. The molecule has 3 N–H and O–H groups in total. The fraction of sp³-hybridized carbons (Fsp3) is 0.526. The first kappa shape index (κ1) is 37.1. The molecule has 6 aliphatic rings. The number of nitrogens with one attached hydrogen (secondary N) is 1. The van der Waals surface area contributed by atoms with E-state index in [2.05, 4.69) is 15.2 Å². The molecule has 300 valence electrons. The third-order valence-electron chi connectivity index (χ3n) is 12.7. The van der Waals surface area contributed by atoms with E-state index in [4.69, 9.17) is 31.8 Å². The predicted octanol–water partition coefficient (Wildman–Crippen LogP) is 5.12. The molecule has 2 aromatic heterocycles. The van der Waals surface area contributed by atoms with Crippen LogP contribution in [-0.4, -0.2) is 108 Å². The molecule has 1 aliphatic carbocycles. The Morgan fingerprint density at radius 2 is 2.02 bits per heavy atom. The van der Waals surface area contributed by atoms with E-state index in [1.165, 1.54) is 10.4 Å². The fourth-order valence-electron chi connectivity index (χ4n) is 10.1. The van der Waals surface area contributed by atoms with E-state index in [0.717, 1.165) is 55.9 Å². The van der Waals surface area contributed by atoms with Gasteiger partial charge in [0, 0.05) is 36.9 Å². The summed E-state index contributed by atoms with van der Waals surface area (Å²) in [6.07, 6.45) is 4.62. The molecule has 7 heterocycles. The number of hydrogen-bond donors (Lipinski definition) is 2. The second kappa shape index (κ2) is 13.2. The number of alkyl halides is 1. The molecule has 0 radical (unpaired) electrons. The summed E-state index contributed by atoms with van der Waals surface area (Å²) in [6.45, 7) is 1.59. The van der Waals surface area contributed by atoms with Gasteiger partial charge in [-0.3, -0.25) is 9.69 Å². The Labute approximate surface area is 334 Å². The van der Waals surface area contributed by atoms with Crippen molar-refractivity contribution in [3.05, 3.63) is 34.4 Å². The van der Waals surface area contributed by atoms with Gasteiger partial charge in [-0.15, -0.1) is 11.3 Å². The molecule has 10 rings (SSSR count). The number of halogens is 4. The average molecular weight is 843 g/mol. The van der Waals surface area contributed by atoms with Crippen LogP contribution in [0.2, 0.25) is 5.02 Å². The van der Waals surface area contributed by atoms with Crippen LogP contribution in [0.5, 0.6) is 11.8 Å². The minimum Gasteiger partial charge on any atom is -0.491 e. The standard InChI is InChI=1S/C38H38ClF3N8O5S2/c1-57(52,53)50-30(17-3-4-17)31(50)36(51)45-22-7-11-49-23(22)8-12-54-32-26-29(46-37(47-35(26)49)55-16-38-9-2-10-48(38)15-18(40)13-38)28(42)25(27(32)39)19-5-6-21(41)33-24(19)20(14-43)34(44)56-33/h5-6,17-18,22-23,30-31H,2-4,7-13,15-16,44H2,1H3,(H,45,51)/t18-,22?,23?,30+,31-,38+,50?/m1/s1. The molecule has 19 heteroatoms. The van der Waals surface area contributed by atoms with Gasteiger partial charge in [0.1, 0.15) is 47.0 Å². The Bertz CT molecular complexity index is 2550. The van der Waals surface area contributed by atoms with Crippen molar-refractivity contribution in [1.82, 2.24) is 24.5 Å². The zero-order valence-corrected chi connectivity index (χ0v) is 33.1. The molecule has 5 aliphatic heterocycles. The van der Waals surface area contributed by atoms with Gasteiger partial charge in [0.25, 0.3) is 0 Å². The lowest BCUT2D eigenvalue weighted by molar-refractivity contribution is -0.121. The SMILES string of the molecule is CS(=O)(=O)N1[C@@H](C(=O)NC2CCN3c4nc(OC[C@@]56CCCN5C[C@H](F)C6)nc5c(F)c(-c6ccc(F)c7sc(N)c(C#N)c67)c(Cl)c(c45)OCCC23)[C@@H]1C1CC1. The van der Waals surface area contributed by atoms with E-state index in [0.29, 0.717) is 32.4 Å². The lowest BCUT2D eigenvalue weighted by atomic mass is 9.95. The fourth-order valence-corrected chi connectivity index (χ4v) is 12.6. The van der Waals surface area contributed by atoms with Gasteiger partial charge in [0.2, 0.25) is 15.9 Å². The molecule has 1 saturated carbocycles. The van der Waals surface area contributed by atoms with Crippen LogP contribution < -0.4 is 25.4 Å². The molecule has 13 nitrogen and oxygen atoms in total. The maximum absolute atomic E-state index is 17.5. The van der Waals surface area contributed by atoms with E-state index < -0.39 is 51.5 Å². The molecule has 57 heavy (non-hydrogen) atoms. The van der Waals surface area contributed by atoms with Crippen molar-refractivity contribution in [3.8, 4) is 29.0 Å². The minimum absolute atomic E-state index is 0.0125. The number of amides is 1. The van der Waals surface area contributed by atoms with Gasteiger partial charge >= 0.3 is 6.01 Å². The van der Waals surface area contributed by atoms with Crippen molar-refractivity contribution in [3.63, 3.8) is 0 Å². The van der Waals surface area contributed by atoms with Crippen LogP contribution in [0, 0.1) is 28.9 Å². The first-order valence-corrected chi connectivity index (χ1v) is 22.2. The van der Waals surface area contributed by atoms with Gasteiger partial charge < -0.3 is 25.4 Å². The maximum atomic E-state index is 17.5. The normalized spacial score (nSPS) is 29.4. The molecule has 5 fully saturated rings. The molecule has 0 bridgehead atoms. The summed E-state index contributed by atoms with van der Waals surface area (Å²) >= 11 is 7.99. The Morgan fingerprint density at radius 1 is 1.21 bits per heavy atom. The van der Waals surface area contributed by atoms with E-state index in [9.17, 15) is 22.9 Å². The number of sulfonamides is 1. The van der Waals surface area contributed by atoms with Crippen molar-refractivity contribution < 1.29 is 35.9 Å². The highest BCUT2D eigenvalue weighted by molar-refractivity contribution is 7.88. The number of nitrogen functional groups attached to an aromatic ring is 1. The third kappa shape index (κ3) is 5.82. The third-order valence-corrected chi connectivity index (χ3v) is 15.4. The second-order valence-corrected chi connectivity index (χ2v) is 19.5. The number of aromatic nitrogens is 2. The van der Waals surface area contributed by atoms with Crippen molar-refractivity contribution in [2.75, 3.05) is 49.7 Å². The van der Waals surface area contributed by atoms with Gasteiger partial charge in [-0.2, -0.15) is 19.5 Å². The number of hydrogen-bond acceptors (Lipinski definition) is 12. The highest BCUT2D eigenvalue weighted by atomic mass is 35.5. The van der Waals surface area contributed by atoms with Crippen LogP contribution in [0.25, 0.3) is 32.1 Å². The van der Waals surface area contributed by atoms with Crippen molar-refractivity contribution in [2.45, 2.75) is 80.8 Å². The minimum atomic E-state index is -3.58. The molecule has 0 spiro atoms. The summed E-state index contributed by atoms with van der Waals surface area (Å²) in [7, 11) is -3.58. The van der Waals surface area contributed by atoms with Gasteiger partial charge in [0.05, 0.1) is 57.2 Å². The van der Waals surface area contributed by atoms with Crippen molar-refractivity contribution in [2.24, 2.45) is 5.92 Å². The summed E-state index contributed by atoms with van der Waals surface area (Å²) in [4.78, 5) is 27.2. The van der Waals surface area contributed by atoms with Crippen LogP contribution in [0.15, 0.2) is 12.1 Å². The molecule has 4 aromatic rings. The van der Waals surface area contributed by atoms with Gasteiger partial charge in [-0.1, -0.05) is 17.7 Å². The number of nitriles is 1. The lowest BCUT2D eigenvalue weighted by Gasteiger charge is -2.34. The van der Waals surface area contributed by atoms with E-state index in [1.807, 2.05) is 11.0 Å². The summed E-state index contributed by atoms with van der Waals surface area (Å²) in [6, 6.07) is 2.45. The zero-order chi connectivity index (χ0) is 39.7. The van der Waals surface area contributed by atoms with Crippen LogP contribution in [0.1, 0.15) is 50.5 Å². The first-order valence-electron chi connectivity index (χ1n) is 19.1.